The van der Waals surface area contributed by atoms with E-state index in [2.05, 4.69) is 38.2 Å². The zero-order chi connectivity index (χ0) is 15.4. The Kier molecular flexibility index (Phi) is 5.27. The van der Waals surface area contributed by atoms with E-state index in [-0.39, 0.29) is 0 Å². The summed E-state index contributed by atoms with van der Waals surface area (Å²) in [7, 11) is 0. The van der Waals surface area contributed by atoms with Gasteiger partial charge in [0.15, 0.2) is 0 Å². The molecule has 1 N–H and O–H groups in total. The van der Waals surface area contributed by atoms with Crippen molar-refractivity contribution in [1.82, 2.24) is 5.32 Å². The Morgan fingerprint density at radius 1 is 1.05 bits per heavy atom. The number of benzene rings is 2. The van der Waals surface area contributed by atoms with Crippen molar-refractivity contribution in [2.45, 2.75) is 40.3 Å². The second-order valence-corrected chi connectivity index (χ2v) is 6.08. The van der Waals surface area contributed by atoms with Gasteiger partial charge in [-0.1, -0.05) is 43.6 Å². The van der Waals surface area contributed by atoms with Crippen molar-refractivity contribution in [3.8, 4) is 11.5 Å². The van der Waals surface area contributed by atoms with Gasteiger partial charge in [0.25, 0.3) is 0 Å². The second kappa shape index (κ2) is 6.97. The van der Waals surface area contributed by atoms with Gasteiger partial charge >= 0.3 is 0 Å². The molecule has 112 valence electrons. The first-order valence-corrected chi connectivity index (χ1v) is 7.60. The summed E-state index contributed by atoms with van der Waals surface area (Å²) in [5, 5.41) is 4.05. The molecule has 0 saturated carbocycles. The molecule has 0 saturated heterocycles. The van der Waals surface area contributed by atoms with Crippen LogP contribution in [-0.4, -0.2) is 6.04 Å². The first kappa shape index (κ1) is 15.9. The van der Waals surface area contributed by atoms with Crippen molar-refractivity contribution in [2.75, 3.05) is 0 Å². The standard InChI is InChI=1S/C18H22ClNO/c1-12(2)20-11-15-6-8-17(14(4)10-15)21-18-7-5-13(3)9-16(18)19/h5-10,12,20H,11H2,1-4H3. The second-order valence-electron chi connectivity index (χ2n) is 5.67. The van der Waals surface area contributed by atoms with Gasteiger partial charge in [-0.25, -0.2) is 0 Å². The summed E-state index contributed by atoms with van der Waals surface area (Å²) in [6.07, 6.45) is 0. The average Bonchev–Trinajstić information content (AvgIpc) is 2.42. The van der Waals surface area contributed by atoms with E-state index in [9.17, 15) is 0 Å². The van der Waals surface area contributed by atoms with Crippen LogP contribution in [0.4, 0.5) is 0 Å². The summed E-state index contributed by atoms with van der Waals surface area (Å²) in [5.74, 6) is 1.53. The van der Waals surface area contributed by atoms with E-state index in [1.54, 1.807) is 0 Å². The molecule has 3 heteroatoms. The van der Waals surface area contributed by atoms with Gasteiger partial charge in [0.1, 0.15) is 11.5 Å². The lowest BCUT2D eigenvalue weighted by Gasteiger charge is -2.13. The minimum Gasteiger partial charge on any atom is -0.456 e. The molecule has 0 radical (unpaired) electrons. The van der Waals surface area contributed by atoms with Crippen molar-refractivity contribution < 1.29 is 4.74 Å². The van der Waals surface area contributed by atoms with E-state index < -0.39 is 0 Å². The van der Waals surface area contributed by atoms with Crippen LogP contribution < -0.4 is 10.1 Å². The van der Waals surface area contributed by atoms with Crippen molar-refractivity contribution in [2.24, 2.45) is 0 Å². The molecule has 0 heterocycles. The van der Waals surface area contributed by atoms with Gasteiger partial charge in [0.05, 0.1) is 5.02 Å². The topological polar surface area (TPSA) is 21.3 Å². The highest BCUT2D eigenvalue weighted by Gasteiger charge is 2.07. The molecular formula is C18H22ClNO. The maximum Gasteiger partial charge on any atom is 0.146 e. The van der Waals surface area contributed by atoms with Crippen LogP contribution in [0.25, 0.3) is 0 Å². The Balaban J connectivity index is 2.13. The molecule has 0 aliphatic rings. The first-order valence-electron chi connectivity index (χ1n) is 7.22. The summed E-state index contributed by atoms with van der Waals surface area (Å²) < 4.78 is 5.92. The summed E-state index contributed by atoms with van der Waals surface area (Å²) >= 11 is 6.21. The zero-order valence-electron chi connectivity index (χ0n) is 13.0. The molecule has 2 rings (SSSR count). The predicted molar refractivity (Wildman–Crippen MR) is 89.4 cm³/mol. The van der Waals surface area contributed by atoms with Crippen LogP contribution in [0.3, 0.4) is 0 Å². The zero-order valence-corrected chi connectivity index (χ0v) is 13.8. The Hall–Kier alpha value is -1.51. The molecule has 2 aromatic carbocycles. The summed E-state index contributed by atoms with van der Waals surface area (Å²) in [6, 6.07) is 12.5. The molecule has 0 amide bonds. The first-order chi connectivity index (χ1) is 9.95. The SMILES string of the molecule is Cc1ccc(Oc2ccc(CNC(C)C)cc2C)c(Cl)c1. The Labute approximate surface area is 132 Å². The molecule has 0 spiro atoms. The fourth-order valence-electron chi connectivity index (χ4n) is 2.07. The lowest BCUT2D eigenvalue weighted by Crippen LogP contribution is -2.21. The maximum absolute atomic E-state index is 6.21. The van der Waals surface area contributed by atoms with Crippen LogP contribution in [0.2, 0.25) is 5.02 Å². The number of nitrogens with one attached hydrogen (secondary N) is 1. The van der Waals surface area contributed by atoms with Gasteiger partial charge in [-0.3, -0.25) is 0 Å². The number of hydrogen-bond donors (Lipinski definition) is 1. The van der Waals surface area contributed by atoms with Crippen LogP contribution in [0.15, 0.2) is 36.4 Å². The van der Waals surface area contributed by atoms with Crippen molar-refractivity contribution in [1.29, 1.82) is 0 Å². The minimum atomic E-state index is 0.479. The van der Waals surface area contributed by atoms with Gasteiger partial charge in [-0.2, -0.15) is 0 Å². The van der Waals surface area contributed by atoms with E-state index in [0.717, 1.165) is 23.4 Å². The highest BCUT2D eigenvalue weighted by Crippen LogP contribution is 2.32. The Morgan fingerprint density at radius 3 is 2.38 bits per heavy atom. The Morgan fingerprint density at radius 2 is 1.76 bits per heavy atom. The quantitative estimate of drug-likeness (QED) is 0.815. The monoisotopic (exact) mass is 303 g/mol. The van der Waals surface area contributed by atoms with E-state index >= 15 is 0 Å². The number of rotatable bonds is 5. The van der Waals surface area contributed by atoms with Crippen LogP contribution in [0, 0.1) is 13.8 Å². The number of hydrogen-bond acceptors (Lipinski definition) is 2. The van der Waals surface area contributed by atoms with Crippen molar-refractivity contribution in [3.63, 3.8) is 0 Å². The third-order valence-electron chi connectivity index (χ3n) is 3.26. The molecule has 21 heavy (non-hydrogen) atoms. The molecule has 0 aliphatic carbocycles. The maximum atomic E-state index is 6.21. The smallest absolute Gasteiger partial charge is 0.146 e. The lowest BCUT2D eigenvalue weighted by atomic mass is 10.1. The normalized spacial score (nSPS) is 11.0. The van der Waals surface area contributed by atoms with Gasteiger partial charge < -0.3 is 10.1 Å². The molecule has 0 aliphatic heterocycles. The van der Waals surface area contributed by atoms with Crippen molar-refractivity contribution >= 4 is 11.6 Å². The third kappa shape index (κ3) is 4.48. The summed E-state index contributed by atoms with van der Waals surface area (Å²) in [5.41, 5.74) is 3.48. The van der Waals surface area contributed by atoms with Crippen LogP contribution in [0.5, 0.6) is 11.5 Å². The van der Waals surface area contributed by atoms with Gasteiger partial charge in [0.2, 0.25) is 0 Å². The van der Waals surface area contributed by atoms with Crippen molar-refractivity contribution in [3.05, 3.63) is 58.1 Å². The molecular weight excluding hydrogens is 282 g/mol. The van der Waals surface area contributed by atoms with Crippen LogP contribution >= 0.6 is 11.6 Å². The van der Waals surface area contributed by atoms with E-state index in [1.165, 1.54) is 5.56 Å². The summed E-state index contributed by atoms with van der Waals surface area (Å²) in [4.78, 5) is 0. The van der Waals surface area contributed by atoms with Gasteiger partial charge in [-0.05, 0) is 48.7 Å². The number of aryl methyl sites for hydroxylation is 2. The molecule has 0 atom stereocenters. The van der Waals surface area contributed by atoms with Gasteiger partial charge in [0, 0.05) is 12.6 Å². The average molecular weight is 304 g/mol. The molecule has 2 aromatic rings. The minimum absolute atomic E-state index is 0.479. The largest absolute Gasteiger partial charge is 0.456 e. The molecule has 0 unspecified atom stereocenters. The molecule has 0 fully saturated rings. The van der Waals surface area contributed by atoms with E-state index in [1.807, 2.05) is 31.2 Å². The number of ether oxygens (including phenoxy) is 1. The summed E-state index contributed by atoms with van der Waals surface area (Å²) in [6.45, 7) is 9.21. The van der Waals surface area contributed by atoms with E-state index in [4.69, 9.17) is 16.3 Å². The van der Waals surface area contributed by atoms with Gasteiger partial charge in [-0.15, -0.1) is 0 Å². The predicted octanol–water partition coefficient (Wildman–Crippen LogP) is 5.25. The Bertz CT molecular complexity index is 623. The van der Waals surface area contributed by atoms with Crippen LogP contribution in [-0.2, 0) is 6.54 Å². The van der Waals surface area contributed by atoms with Crippen LogP contribution in [0.1, 0.15) is 30.5 Å². The number of halogens is 1. The van der Waals surface area contributed by atoms with E-state index in [0.29, 0.717) is 16.8 Å². The molecule has 0 aromatic heterocycles. The lowest BCUT2D eigenvalue weighted by molar-refractivity contribution is 0.478. The fraction of sp³-hybridized carbons (Fsp3) is 0.333. The fourth-order valence-corrected chi connectivity index (χ4v) is 2.34. The molecule has 2 nitrogen and oxygen atoms in total. The molecule has 0 bridgehead atoms. The highest BCUT2D eigenvalue weighted by molar-refractivity contribution is 6.32. The highest BCUT2D eigenvalue weighted by atomic mass is 35.5. The third-order valence-corrected chi connectivity index (χ3v) is 3.56.